The van der Waals surface area contributed by atoms with Gasteiger partial charge in [-0.25, -0.2) is 12.8 Å². The van der Waals surface area contributed by atoms with E-state index in [2.05, 4.69) is 4.98 Å². The van der Waals surface area contributed by atoms with Gasteiger partial charge in [-0.1, -0.05) is 25.1 Å². The van der Waals surface area contributed by atoms with Crippen molar-refractivity contribution in [3.8, 4) is 11.6 Å². The molecular weight excluding hydrogens is 445 g/mol. The van der Waals surface area contributed by atoms with Gasteiger partial charge >= 0.3 is 0 Å². The molecule has 1 aromatic heterocycles. The van der Waals surface area contributed by atoms with E-state index in [0.717, 1.165) is 24.0 Å². The molecule has 6 nitrogen and oxygen atoms in total. The number of pyridine rings is 1. The fraction of sp³-hybridized carbons (Fsp3) is 0.400. The summed E-state index contributed by atoms with van der Waals surface area (Å²) in [4.78, 5) is 13.8. The normalized spacial score (nSPS) is 15.0. The van der Waals surface area contributed by atoms with Crippen LogP contribution in [0.25, 0.3) is 10.8 Å². The Morgan fingerprint density at radius 1 is 1.18 bits per heavy atom. The standard InChI is InChI=1S/C25H28FNO5S/c1-16(19-8-9-22(26)23(12-19)32-14-18-4-5-18)15-33(30,31)10-2-3-17-6-7-20-13-24(28)27-25(29)21(20)11-17/h6-9,11-13,16,18H,2-5,10,14-15H2,1H3,(H2,27,28,29)/t16-/m0/s1. The molecule has 33 heavy (non-hydrogen) atoms. The third-order valence-electron chi connectivity index (χ3n) is 6.02. The molecule has 0 unspecified atom stereocenters. The number of aromatic nitrogens is 1. The van der Waals surface area contributed by atoms with E-state index >= 15 is 0 Å². The lowest BCUT2D eigenvalue weighted by Crippen LogP contribution is -2.17. The molecule has 8 heteroatoms. The zero-order valence-electron chi connectivity index (χ0n) is 18.5. The second kappa shape index (κ2) is 9.55. The SMILES string of the molecule is C[C@@H](CS(=O)(=O)CCCc1ccc2cc(=O)[nH]c(O)c2c1)c1ccc(F)c(OCC2CC2)c1. The summed E-state index contributed by atoms with van der Waals surface area (Å²) in [7, 11) is -3.33. The Morgan fingerprint density at radius 3 is 2.73 bits per heavy atom. The number of benzene rings is 2. The Balaban J connectivity index is 1.34. The molecule has 3 aromatic rings. The third-order valence-corrected chi connectivity index (χ3v) is 7.94. The molecule has 0 aliphatic heterocycles. The van der Waals surface area contributed by atoms with E-state index in [9.17, 15) is 22.7 Å². The molecule has 1 fully saturated rings. The summed E-state index contributed by atoms with van der Waals surface area (Å²) in [5.41, 5.74) is 1.24. The fourth-order valence-electron chi connectivity index (χ4n) is 3.94. The number of aromatic amines is 1. The van der Waals surface area contributed by atoms with Crippen LogP contribution in [0.2, 0.25) is 0 Å². The van der Waals surface area contributed by atoms with Crippen molar-refractivity contribution in [1.82, 2.24) is 4.98 Å². The lowest BCUT2D eigenvalue weighted by atomic mass is 10.0. The Hall–Kier alpha value is -2.87. The Labute approximate surface area is 192 Å². The molecule has 1 aliphatic rings. The van der Waals surface area contributed by atoms with Crippen LogP contribution >= 0.6 is 0 Å². The number of hydrogen-bond acceptors (Lipinski definition) is 5. The van der Waals surface area contributed by atoms with Gasteiger partial charge in [0.05, 0.1) is 18.1 Å². The van der Waals surface area contributed by atoms with E-state index in [1.165, 1.54) is 12.1 Å². The summed E-state index contributed by atoms with van der Waals surface area (Å²) in [6.45, 7) is 2.32. The molecule has 176 valence electrons. The van der Waals surface area contributed by atoms with Gasteiger partial charge < -0.3 is 9.84 Å². The molecular formula is C25H28FNO5S. The van der Waals surface area contributed by atoms with Crippen LogP contribution in [0.3, 0.4) is 0 Å². The molecule has 0 bridgehead atoms. The highest BCUT2D eigenvalue weighted by atomic mass is 32.2. The summed E-state index contributed by atoms with van der Waals surface area (Å²) in [6.07, 6.45) is 3.17. The topological polar surface area (TPSA) is 96.5 Å². The highest BCUT2D eigenvalue weighted by Crippen LogP contribution is 2.31. The van der Waals surface area contributed by atoms with Crippen molar-refractivity contribution in [1.29, 1.82) is 0 Å². The van der Waals surface area contributed by atoms with Crippen molar-refractivity contribution in [2.24, 2.45) is 5.92 Å². The predicted octanol–water partition coefficient (Wildman–Crippen LogP) is 4.31. The van der Waals surface area contributed by atoms with Gasteiger partial charge in [0.25, 0.3) is 5.56 Å². The maximum atomic E-state index is 14.0. The zero-order chi connectivity index (χ0) is 23.6. The minimum absolute atomic E-state index is 0.0270. The first-order chi connectivity index (χ1) is 15.7. The molecule has 1 aliphatic carbocycles. The average molecular weight is 474 g/mol. The first-order valence-corrected chi connectivity index (χ1v) is 13.0. The summed E-state index contributed by atoms with van der Waals surface area (Å²) < 4.78 is 45.0. The minimum atomic E-state index is -3.33. The number of halogens is 1. The minimum Gasteiger partial charge on any atom is -0.494 e. The van der Waals surface area contributed by atoms with Gasteiger partial charge in [-0.15, -0.1) is 0 Å². The number of aryl methyl sites for hydroxylation is 1. The Morgan fingerprint density at radius 2 is 1.97 bits per heavy atom. The number of aromatic hydroxyl groups is 1. The molecule has 0 amide bonds. The third kappa shape index (κ3) is 6.13. The van der Waals surface area contributed by atoms with Crippen molar-refractivity contribution in [3.05, 3.63) is 69.8 Å². The maximum Gasteiger partial charge on any atom is 0.251 e. The number of hydrogen-bond donors (Lipinski definition) is 2. The van der Waals surface area contributed by atoms with Crippen LogP contribution in [0.4, 0.5) is 4.39 Å². The van der Waals surface area contributed by atoms with E-state index in [0.29, 0.717) is 36.1 Å². The summed E-state index contributed by atoms with van der Waals surface area (Å²) in [5, 5.41) is 11.1. The van der Waals surface area contributed by atoms with E-state index in [-0.39, 0.29) is 34.6 Å². The smallest absolute Gasteiger partial charge is 0.251 e. The van der Waals surface area contributed by atoms with E-state index in [4.69, 9.17) is 4.74 Å². The van der Waals surface area contributed by atoms with E-state index < -0.39 is 15.7 Å². The molecule has 1 atom stereocenters. The van der Waals surface area contributed by atoms with Gasteiger partial charge in [-0.05, 0) is 72.2 Å². The first-order valence-electron chi connectivity index (χ1n) is 11.2. The molecule has 2 aromatic carbocycles. The van der Waals surface area contributed by atoms with E-state index in [1.54, 1.807) is 24.3 Å². The molecule has 1 heterocycles. The number of fused-ring (bicyclic) bond motifs is 1. The van der Waals surface area contributed by atoms with E-state index in [1.807, 2.05) is 13.0 Å². The molecule has 2 N–H and O–H groups in total. The highest BCUT2D eigenvalue weighted by Gasteiger charge is 2.23. The van der Waals surface area contributed by atoms with Crippen LogP contribution in [0, 0.1) is 11.7 Å². The summed E-state index contributed by atoms with van der Waals surface area (Å²) in [6, 6.07) is 11.3. The Kier molecular flexibility index (Phi) is 6.74. The average Bonchev–Trinajstić information content (AvgIpc) is 3.57. The second-order valence-corrected chi connectivity index (χ2v) is 11.2. The number of H-pyrrole nitrogens is 1. The first kappa shape index (κ1) is 23.3. The summed E-state index contributed by atoms with van der Waals surface area (Å²) >= 11 is 0. The van der Waals surface area contributed by atoms with Crippen LogP contribution in [-0.4, -0.2) is 36.6 Å². The van der Waals surface area contributed by atoms with Crippen molar-refractivity contribution >= 4 is 20.6 Å². The van der Waals surface area contributed by atoms with Crippen LogP contribution in [0.1, 0.15) is 43.2 Å². The van der Waals surface area contributed by atoms with Crippen molar-refractivity contribution in [3.63, 3.8) is 0 Å². The van der Waals surface area contributed by atoms with Crippen LogP contribution < -0.4 is 10.3 Å². The maximum absolute atomic E-state index is 14.0. The largest absolute Gasteiger partial charge is 0.494 e. The highest BCUT2D eigenvalue weighted by molar-refractivity contribution is 7.91. The van der Waals surface area contributed by atoms with Gasteiger partial charge in [0.15, 0.2) is 27.3 Å². The van der Waals surface area contributed by atoms with Crippen molar-refractivity contribution in [2.45, 2.75) is 38.5 Å². The fourth-order valence-corrected chi connectivity index (χ4v) is 5.64. The van der Waals surface area contributed by atoms with Gasteiger partial charge in [0, 0.05) is 11.5 Å². The number of nitrogens with one attached hydrogen (secondary N) is 1. The Bertz CT molecular complexity index is 1310. The van der Waals surface area contributed by atoms with Gasteiger partial charge in [-0.2, -0.15) is 0 Å². The molecule has 0 saturated heterocycles. The van der Waals surface area contributed by atoms with Gasteiger partial charge in [-0.3, -0.25) is 9.78 Å². The zero-order valence-corrected chi connectivity index (χ0v) is 19.3. The predicted molar refractivity (Wildman–Crippen MR) is 126 cm³/mol. The van der Waals surface area contributed by atoms with Crippen molar-refractivity contribution < 1.29 is 22.7 Å². The monoisotopic (exact) mass is 473 g/mol. The lowest BCUT2D eigenvalue weighted by Gasteiger charge is -2.15. The van der Waals surface area contributed by atoms with Gasteiger partial charge in [0.2, 0.25) is 0 Å². The number of sulfone groups is 1. The molecule has 4 rings (SSSR count). The summed E-state index contributed by atoms with van der Waals surface area (Å²) in [5.74, 6) is -0.224. The van der Waals surface area contributed by atoms with Crippen LogP contribution in [0.5, 0.6) is 11.6 Å². The van der Waals surface area contributed by atoms with Crippen LogP contribution in [-0.2, 0) is 16.3 Å². The molecule has 1 saturated carbocycles. The second-order valence-electron chi connectivity index (χ2n) is 8.97. The number of rotatable bonds is 10. The lowest BCUT2D eigenvalue weighted by molar-refractivity contribution is 0.285. The quantitative estimate of drug-likeness (QED) is 0.457. The number of ether oxygens (including phenoxy) is 1. The van der Waals surface area contributed by atoms with Crippen LogP contribution in [0.15, 0.2) is 47.3 Å². The van der Waals surface area contributed by atoms with Gasteiger partial charge in [0.1, 0.15) is 0 Å². The van der Waals surface area contributed by atoms with Crippen molar-refractivity contribution in [2.75, 3.05) is 18.1 Å². The molecule has 0 spiro atoms. The molecule has 0 radical (unpaired) electrons.